The highest BCUT2D eigenvalue weighted by Gasteiger charge is 2.04. The molecule has 0 aromatic rings. The van der Waals surface area contributed by atoms with Crippen LogP contribution >= 0.6 is 0 Å². The van der Waals surface area contributed by atoms with Crippen molar-refractivity contribution in [1.82, 2.24) is 4.90 Å². The standard InChI is InChI=1S/C19H42N.C3H9N.2H2O/c1-5-6-7-8-9-10-11-12-13-14-15-16-17-18-19-20(2,3)4;1-4(2)3;;/h5-19H2,1-4H3;1-3H3;2*1H2/q+1;;;. The molecule has 4 nitrogen and oxygen atoms in total. The summed E-state index contributed by atoms with van der Waals surface area (Å²) < 4.78 is 1.12. The average molecular weight is 380 g/mol. The van der Waals surface area contributed by atoms with Crippen molar-refractivity contribution in [2.45, 2.75) is 96.8 Å². The summed E-state index contributed by atoms with van der Waals surface area (Å²) in [5.74, 6) is 0. The third-order valence-corrected chi connectivity index (χ3v) is 4.18. The van der Waals surface area contributed by atoms with Gasteiger partial charge in [-0.3, -0.25) is 0 Å². The SMILES string of the molecule is CCCCCCCCCCCCCCCC[N+](C)(C)C.CN(C)C.O.O. The summed E-state index contributed by atoms with van der Waals surface area (Å²) in [5.41, 5.74) is 0. The first kappa shape index (κ1) is 33.4. The molecule has 0 atom stereocenters. The van der Waals surface area contributed by atoms with E-state index in [9.17, 15) is 0 Å². The van der Waals surface area contributed by atoms with Crippen molar-refractivity contribution in [1.29, 1.82) is 0 Å². The highest BCUT2D eigenvalue weighted by Crippen LogP contribution is 2.13. The Hall–Kier alpha value is -0.160. The van der Waals surface area contributed by atoms with E-state index in [-0.39, 0.29) is 11.0 Å². The van der Waals surface area contributed by atoms with Gasteiger partial charge in [0.2, 0.25) is 0 Å². The molecule has 0 aromatic heterocycles. The molecule has 4 heteroatoms. The van der Waals surface area contributed by atoms with Gasteiger partial charge in [-0.05, 0) is 34.0 Å². The molecule has 0 amide bonds. The zero-order valence-corrected chi connectivity index (χ0v) is 19.5. The van der Waals surface area contributed by atoms with Crippen molar-refractivity contribution in [3.63, 3.8) is 0 Å². The fourth-order valence-corrected chi connectivity index (χ4v) is 2.78. The van der Waals surface area contributed by atoms with Gasteiger partial charge >= 0.3 is 0 Å². The van der Waals surface area contributed by atoms with Crippen LogP contribution < -0.4 is 0 Å². The van der Waals surface area contributed by atoms with Crippen molar-refractivity contribution in [2.75, 3.05) is 48.8 Å². The summed E-state index contributed by atoms with van der Waals surface area (Å²) in [6.45, 7) is 3.63. The number of unbranched alkanes of at least 4 members (excludes halogenated alkanes) is 13. The summed E-state index contributed by atoms with van der Waals surface area (Å²) >= 11 is 0. The molecular weight excluding hydrogens is 324 g/mol. The van der Waals surface area contributed by atoms with Gasteiger partial charge in [-0.1, -0.05) is 84.0 Å². The molecule has 0 aliphatic heterocycles. The molecule has 164 valence electrons. The monoisotopic (exact) mass is 379 g/mol. The van der Waals surface area contributed by atoms with E-state index in [0.29, 0.717) is 0 Å². The Kier molecular flexibility index (Phi) is 31.9. The molecule has 0 aliphatic carbocycles. The van der Waals surface area contributed by atoms with Gasteiger partial charge in [0, 0.05) is 0 Å². The molecule has 0 spiro atoms. The summed E-state index contributed by atoms with van der Waals surface area (Å²) in [4.78, 5) is 2.00. The first-order chi connectivity index (χ1) is 11.3. The molecule has 0 radical (unpaired) electrons. The van der Waals surface area contributed by atoms with Crippen molar-refractivity contribution < 1.29 is 15.4 Å². The first-order valence-corrected chi connectivity index (χ1v) is 10.7. The third-order valence-electron chi connectivity index (χ3n) is 4.18. The lowest BCUT2D eigenvalue weighted by atomic mass is 10.0. The van der Waals surface area contributed by atoms with Crippen LogP contribution in [-0.4, -0.2) is 69.2 Å². The molecule has 0 aliphatic rings. The molecule has 0 unspecified atom stereocenters. The van der Waals surface area contributed by atoms with E-state index in [1.54, 1.807) is 0 Å². The van der Waals surface area contributed by atoms with E-state index >= 15 is 0 Å². The number of quaternary nitrogens is 1. The lowest BCUT2D eigenvalue weighted by Crippen LogP contribution is -2.35. The summed E-state index contributed by atoms with van der Waals surface area (Å²) in [6, 6.07) is 0. The summed E-state index contributed by atoms with van der Waals surface area (Å²) in [7, 11) is 12.9. The van der Waals surface area contributed by atoms with Crippen LogP contribution in [0.3, 0.4) is 0 Å². The summed E-state index contributed by atoms with van der Waals surface area (Å²) in [5, 5.41) is 0. The molecule has 0 heterocycles. The maximum absolute atomic E-state index is 2.29. The van der Waals surface area contributed by atoms with E-state index in [1.165, 1.54) is 96.4 Å². The van der Waals surface area contributed by atoms with Crippen LogP contribution in [0, 0.1) is 0 Å². The van der Waals surface area contributed by atoms with Crippen molar-refractivity contribution in [3.05, 3.63) is 0 Å². The minimum atomic E-state index is 0. The van der Waals surface area contributed by atoms with Crippen molar-refractivity contribution in [2.24, 2.45) is 0 Å². The zero-order valence-electron chi connectivity index (χ0n) is 19.5. The van der Waals surface area contributed by atoms with Crippen LogP contribution in [0.5, 0.6) is 0 Å². The van der Waals surface area contributed by atoms with Crippen LogP contribution in [-0.2, 0) is 0 Å². The van der Waals surface area contributed by atoms with E-state index in [4.69, 9.17) is 0 Å². The molecule has 0 saturated heterocycles. The summed E-state index contributed by atoms with van der Waals surface area (Å²) in [6.07, 6.45) is 20.4. The van der Waals surface area contributed by atoms with Crippen LogP contribution in [0.2, 0.25) is 0 Å². The molecule has 0 aromatic carbocycles. The minimum Gasteiger partial charge on any atom is -0.412 e. The topological polar surface area (TPSA) is 66.2 Å². The Morgan fingerprint density at radius 1 is 0.500 bits per heavy atom. The van der Waals surface area contributed by atoms with Crippen LogP contribution in [0.1, 0.15) is 96.8 Å². The first-order valence-electron chi connectivity index (χ1n) is 10.7. The van der Waals surface area contributed by atoms with Crippen LogP contribution in [0.4, 0.5) is 0 Å². The largest absolute Gasteiger partial charge is 0.412 e. The van der Waals surface area contributed by atoms with E-state index in [2.05, 4.69) is 28.1 Å². The van der Waals surface area contributed by atoms with E-state index < -0.39 is 0 Å². The third kappa shape index (κ3) is 43.9. The second-order valence-corrected chi connectivity index (χ2v) is 8.95. The fourth-order valence-electron chi connectivity index (χ4n) is 2.78. The van der Waals surface area contributed by atoms with E-state index in [1.807, 2.05) is 26.0 Å². The number of nitrogens with zero attached hydrogens (tertiary/aromatic N) is 2. The highest BCUT2D eigenvalue weighted by molar-refractivity contribution is 4.49. The van der Waals surface area contributed by atoms with Gasteiger partial charge in [0.05, 0.1) is 27.7 Å². The second kappa shape index (κ2) is 24.8. The number of hydrogen-bond donors (Lipinski definition) is 0. The van der Waals surface area contributed by atoms with E-state index in [0.717, 1.165) is 4.48 Å². The fraction of sp³-hybridized carbons (Fsp3) is 1.00. The number of hydrogen-bond acceptors (Lipinski definition) is 1. The maximum Gasteiger partial charge on any atom is 0.0780 e. The van der Waals surface area contributed by atoms with Crippen molar-refractivity contribution >= 4 is 0 Å². The Bertz CT molecular complexity index is 226. The Morgan fingerprint density at radius 2 is 0.731 bits per heavy atom. The molecule has 0 bridgehead atoms. The van der Waals surface area contributed by atoms with Crippen LogP contribution in [0.15, 0.2) is 0 Å². The predicted molar refractivity (Wildman–Crippen MR) is 120 cm³/mol. The quantitative estimate of drug-likeness (QED) is 0.300. The van der Waals surface area contributed by atoms with Gasteiger partial charge in [-0.15, -0.1) is 0 Å². The van der Waals surface area contributed by atoms with Crippen LogP contribution in [0.25, 0.3) is 0 Å². The van der Waals surface area contributed by atoms with Gasteiger partial charge < -0.3 is 20.3 Å². The van der Waals surface area contributed by atoms with Gasteiger partial charge in [0.25, 0.3) is 0 Å². The molecule has 0 rings (SSSR count). The predicted octanol–water partition coefficient (Wildman–Crippen LogP) is 4.70. The highest BCUT2D eigenvalue weighted by atomic mass is 16.0. The zero-order chi connectivity index (χ0) is 18.7. The lowest BCUT2D eigenvalue weighted by molar-refractivity contribution is -0.870. The average Bonchev–Trinajstić information content (AvgIpc) is 2.46. The van der Waals surface area contributed by atoms with Gasteiger partial charge in [0.15, 0.2) is 0 Å². The normalized spacial score (nSPS) is 10.6. The number of rotatable bonds is 15. The molecular formula is C22H55N2O2+. The Labute approximate surface area is 166 Å². The Balaban J connectivity index is -0.000000363. The molecule has 0 fully saturated rings. The van der Waals surface area contributed by atoms with Gasteiger partial charge in [0.1, 0.15) is 0 Å². The molecule has 4 N–H and O–H groups in total. The smallest absolute Gasteiger partial charge is 0.0780 e. The Morgan fingerprint density at radius 3 is 0.962 bits per heavy atom. The maximum atomic E-state index is 2.29. The second-order valence-electron chi connectivity index (χ2n) is 8.95. The van der Waals surface area contributed by atoms with Gasteiger partial charge in [-0.25, -0.2) is 0 Å². The molecule has 26 heavy (non-hydrogen) atoms. The lowest BCUT2D eigenvalue weighted by Gasteiger charge is -2.23. The van der Waals surface area contributed by atoms with Gasteiger partial charge in [-0.2, -0.15) is 0 Å². The molecule has 0 saturated carbocycles. The van der Waals surface area contributed by atoms with Crippen molar-refractivity contribution in [3.8, 4) is 0 Å². The minimum absolute atomic E-state index is 0.